The van der Waals surface area contributed by atoms with E-state index >= 15 is 0 Å². The average molecular weight is 438 g/mol. The number of benzene rings is 2. The number of carbonyl (C=O) groups is 1. The Hall–Kier alpha value is -3.94. The molecule has 0 aliphatic carbocycles. The van der Waals surface area contributed by atoms with Crippen molar-refractivity contribution in [1.29, 1.82) is 0 Å². The second-order valence-electron chi connectivity index (χ2n) is 7.01. The lowest BCUT2D eigenvalue weighted by Crippen LogP contribution is -2.34. The first-order chi connectivity index (χ1) is 15.4. The molecule has 0 saturated carbocycles. The lowest BCUT2D eigenvalue weighted by Gasteiger charge is -2.16. The summed E-state index contributed by atoms with van der Waals surface area (Å²) in [7, 11) is 4.54. The molecule has 32 heavy (non-hydrogen) atoms. The molecule has 3 aromatic rings. The van der Waals surface area contributed by atoms with Crippen molar-refractivity contribution in [2.45, 2.75) is 13.0 Å². The van der Waals surface area contributed by atoms with Crippen molar-refractivity contribution in [3.05, 3.63) is 70.5 Å². The Bertz CT molecular complexity index is 1200. The number of rotatable bonds is 9. The van der Waals surface area contributed by atoms with Crippen molar-refractivity contribution in [2.24, 2.45) is 0 Å². The van der Waals surface area contributed by atoms with Crippen LogP contribution >= 0.6 is 0 Å². The van der Waals surface area contributed by atoms with Crippen molar-refractivity contribution in [1.82, 2.24) is 9.88 Å². The maximum atomic E-state index is 13.1. The predicted octanol–water partition coefficient (Wildman–Crippen LogP) is 2.89. The molecule has 3 rings (SSSR count). The highest BCUT2D eigenvalue weighted by atomic mass is 16.5. The van der Waals surface area contributed by atoms with Crippen LogP contribution in [-0.2, 0) is 13.0 Å². The van der Waals surface area contributed by atoms with E-state index in [1.807, 2.05) is 24.3 Å². The maximum absolute atomic E-state index is 13.1. The molecule has 0 aliphatic rings. The fourth-order valence-electron chi connectivity index (χ4n) is 3.48. The van der Waals surface area contributed by atoms with E-state index in [1.54, 1.807) is 19.3 Å². The quantitative estimate of drug-likeness (QED) is 0.499. The maximum Gasteiger partial charge on any atom is 0.268 e. The number of allylic oxidation sites excluding steroid dienone is 1. The smallest absolute Gasteiger partial charge is 0.268 e. The van der Waals surface area contributed by atoms with E-state index in [2.05, 4.69) is 11.9 Å². The molecule has 1 aromatic heterocycles. The summed E-state index contributed by atoms with van der Waals surface area (Å²) in [6.45, 7) is 4.12. The van der Waals surface area contributed by atoms with Gasteiger partial charge in [0.2, 0.25) is 0 Å². The summed E-state index contributed by atoms with van der Waals surface area (Å²) in [5.74, 6) is 0.440. The summed E-state index contributed by atoms with van der Waals surface area (Å²) < 4.78 is 17.1. The average Bonchev–Trinajstić information content (AvgIpc) is 2.81. The fourth-order valence-corrected chi connectivity index (χ4v) is 3.48. The minimum Gasteiger partial charge on any atom is -0.506 e. The van der Waals surface area contributed by atoms with Crippen LogP contribution in [0, 0.1) is 0 Å². The van der Waals surface area contributed by atoms with Gasteiger partial charge in [-0.05, 0) is 30.2 Å². The molecule has 0 atom stereocenters. The molecular formula is C24H26N2O6. The predicted molar refractivity (Wildman–Crippen MR) is 122 cm³/mol. The van der Waals surface area contributed by atoms with Gasteiger partial charge in [-0.2, -0.15) is 0 Å². The van der Waals surface area contributed by atoms with Crippen LogP contribution in [0.5, 0.6) is 23.0 Å². The molecule has 0 radical (unpaired) electrons. The molecule has 2 N–H and O–H groups in total. The summed E-state index contributed by atoms with van der Waals surface area (Å²) in [5, 5.41) is 13.9. The van der Waals surface area contributed by atoms with Gasteiger partial charge in [0.15, 0.2) is 11.5 Å². The zero-order valence-electron chi connectivity index (χ0n) is 18.3. The van der Waals surface area contributed by atoms with Crippen molar-refractivity contribution in [3.63, 3.8) is 0 Å². The standard InChI is InChI=1S/C24H26N2O6/c1-5-12-26-18-14-20(32-4)19(31-3)13-17(18)22(27)21(24(26)29)23(28)25-11-10-15-6-8-16(30-2)9-7-15/h5-9,13-14,27H,1,10-12H2,2-4H3,(H,25,28). The number of fused-ring (bicyclic) bond motifs is 1. The molecule has 1 heterocycles. The van der Waals surface area contributed by atoms with Crippen molar-refractivity contribution in [2.75, 3.05) is 27.9 Å². The summed E-state index contributed by atoms with van der Waals surface area (Å²) in [4.78, 5) is 26.0. The number of nitrogens with zero attached hydrogens (tertiary/aromatic N) is 1. The lowest BCUT2D eigenvalue weighted by atomic mass is 10.1. The number of nitrogens with one attached hydrogen (secondary N) is 1. The van der Waals surface area contributed by atoms with Crippen LogP contribution in [0.25, 0.3) is 10.9 Å². The number of carbonyl (C=O) groups excluding carboxylic acids is 1. The summed E-state index contributed by atoms with van der Waals surface area (Å²) in [5.41, 5.74) is 0.444. The van der Waals surface area contributed by atoms with E-state index in [-0.39, 0.29) is 18.7 Å². The van der Waals surface area contributed by atoms with Gasteiger partial charge in [0.05, 0.1) is 26.8 Å². The van der Waals surface area contributed by atoms with Gasteiger partial charge in [-0.3, -0.25) is 9.59 Å². The topological polar surface area (TPSA) is 99.0 Å². The van der Waals surface area contributed by atoms with Gasteiger partial charge in [-0.25, -0.2) is 0 Å². The Morgan fingerprint density at radius 2 is 1.75 bits per heavy atom. The SMILES string of the molecule is C=CCn1c(=O)c(C(=O)NCCc2ccc(OC)cc2)c(O)c2cc(OC)c(OC)cc21. The number of ether oxygens (including phenoxy) is 3. The molecule has 0 fully saturated rings. The van der Waals surface area contributed by atoms with Gasteiger partial charge in [0.25, 0.3) is 11.5 Å². The minimum absolute atomic E-state index is 0.150. The van der Waals surface area contributed by atoms with E-state index < -0.39 is 17.2 Å². The summed E-state index contributed by atoms with van der Waals surface area (Å²) >= 11 is 0. The third-order valence-corrected chi connectivity index (χ3v) is 5.14. The van der Waals surface area contributed by atoms with Crippen LogP contribution in [0.15, 0.2) is 53.8 Å². The van der Waals surface area contributed by atoms with E-state index in [0.717, 1.165) is 11.3 Å². The van der Waals surface area contributed by atoms with Gasteiger partial charge in [0.1, 0.15) is 17.1 Å². The number of aromatic hydroxyl groups is 1. The third kappa shape index (κ3) is 4.39. The minimum atomic E-state index is -0.657. The Kier molecular flexibility index (Phi) is 7.04. The molecule has 0 unspecified atom stereocenters. The van der Waals surface area contributed by atoms with Gasteiger partial charge >= 0.3 is 0 Å². The highest BCUT2D eigenvalue weighted by Crippen LogP contribution is 2.36. The van der Waals surface area contributed by atoms with Crippen LogP contribution in [0.2, 0.25) is 0 Å². The van der Waals surface area contributed by atoms with E-state index in [4.69, 9.17) is 14.2 Å². The van der Waals surface area contributed by atoms with E-state index in [0.29, 0.717) is 28.8 Å². The van der Waals surface area contributed by atoms with Gasteiger partial charge < -0.3 is 29.2 Å². The second kappa shape index (κ2) is 9.91. The third-order valence-electron chi connectivity index (χ3n) is 5.14. The van der Waals surface area contributed by atoms with Crippen LogP contribution < -0.4 is 25.1 Å². The first-order valence-corrected chi connectivity index (χ1v) is 9.98. The van der Waals surface area contributed by atoms with E-state index in [1.165, 1.54) is 24.9 Å². The second-order valence-corrected chi connectivity index (χ2v) is 7.01. The summed E-state index contributed by atoms with van der Waals surface area (Å²) in [6, 6.07) is 10.6. The first kappa shape index (κ1) is 22.7. The zero-order valence-corrected chi connectivity index (χ0v) is 18.3. The normalized spacial score (nSPS) is 10.6. The lowest BCUT2D eigenvalue weighted by molar-refractivity contribution is 0.0949. The molecule has 0 spiro atoms. The Labute approximate surface area is 185 Å². The van der Waals surface area contributed by atoms with E-state index in [9.17, 15) is 14.7 Å². The molecule has 2 aromatic carbocycles. The number of hydrogen-bond acceptors (Lipinski definition) is 6. The highest BCUT2D eigenvalue weighted by molar-refractivity contribution is 6.03. The molecular weight excluding hydrogens is 412 g/mol. The zero-order chi connectivity index (χ0) is 23.3. The van der Waals surface area contributed by atoms with Crippen LogP contribution in [-0.4, -0.2) is 43.5 Å². The highest BCUT2D eigenvalue weighted by Gasteiger charge is 2.23. The van der Waals surface area contributed by atoms with Crippen molar-refractivity contribution >= 4 is 16.8 Å². The monoisotopic (exact) mass is 438 g/mol. The molecule has 168 valence electrons. The largest absolute Gasteiger partial charge is 0.506 e. The van der Waals surface area contributed by atoms with Crippen molar-refractivity contribution < 1.29 is 24.1 Å². The molecule has 0 aliphatic heterocycles. The number of amides is 1. The fraction of sp³-hybridized carbons (Fsp3) is 0.250. The number of aromatic nitrogens is 1. The molecule has 0 saturated heterocycles. The number of hydrogen-bond donors (Lipinski definition) is 2. The number of methoxy groups -OCH3 is 3. The molecule has 0 bridgehead atoms. The Morgan fingerprint density at radius 1 is 1.09 bits per heavy atom. The molecule has 1 amide bonds. The first-order valence-electron chi connectivity index (χ1n) is 9.98. The van der Waals surface area contributed by atoms with Crippen LogP contribution in [0.4, 0.5) is 0 Å². The van der Waals surface area contributed by atoms with Crippen LogP contribution in [0.3, 0.4) is 0 Å². The molecule has 8 nitrogen and oxygen atoms in total. The summed E-state index contributed by atoms with van der Waals surface area (Å²) in [6.07, 6.45) is 2.09. The van der Waals surface area contributed by atoms with Gasteiger partial charge in [-0.15, -0.1) is 6.58 Å². The Morgan fingerprint density at radius 3 is 2.34 bits per heavy atom. The van der Waals surface area contributed by atoms with Crippen LogP contribution in [0.1, 0.15) is 15.9 Å². The Balaban J connectivity index is 1.96. The molecule has 8 heteroatoms. The van der Waals surface area contributed by atoms with Crippen molar-refractivity contribution in [3.8, 4) is 23.0 Å². The van der Waals surface area contributed by atoms with Gasteiger partial charge in [-0.1, -0.05) is 18.2 Å². The number of pyridine rings is 1. The van der Waals surface area contributed by atoms with Gasteiger partial charge in [0, 0.05) is 24.5 Å².